The molecule has 0 saturated carbocycles. The van der Waals surface area contributed by atoms with Crippen molar-refractivity contribution in [1.29, 1.82) is 0 Å². The molecule has 7 nitrogen and oxygen atoms in total. The number of nitrogens with one attached hydrogen (secondary N) is 1. The Hall–Kier alpha value is -2.49. The van der Waals surface area contributed by atoms with Crippen molar-refractivity contribution in [2.75, 3.05) is 64.1 Å². The number of piperazine rings is 1. The number of carbonyl (C=O) groups is 1. The van der Waals surface area contributed by atoms with Crippen LogP contribution in [0, 0.1) is 0 Å². The molecule has 0 radical (unpaired) electrons. The summed E-state index contributed by atoms with van der Waals surface area (Å²) in [6.07, 6.45) is 0. The second kappa shape index (κ2) is 11.1. The summed E-state index contributed by atoms with van der Waals surface area (Å²) < 4.78 is 12.0. The van der Waals surface area contributed by atoms with Gasteiger partial charge in [-0.1, -0.05) is 18.3 Å². The third-order valence-electron chi connectivity index (χ3n) is 5.68. The number of anilines is 1. The minimum Gasteiger partial charge on any atom is -0.495 e. The Kier molecular flexibility index (Phi) is 7.95. The minimum atomic E-state index is -0.0148. The highest BCUT2D eigenvalue weighted by Gasteiger charge is 2.22. The van der Waals surface area contributed by atoms with Gasteiger partial charge >= 0.3 is 0 Å². The number of benzene rings is 2. The minimum absolute atomic E-state index is 0.0148. The number of methoxy groups -OCH3 is 2. The van der Waals surface area contributed by atoms with Crippen LogP contribution in [0.5, 0.6) is 11.5 Å². The maximum Gasteiger partial charge on any atom is 0.251 e. The van der Waals surface area contributed by atoms with Crippen LogP contribution in [-0.2, 0) is 0 Å². The maximum absolute atomic E-state index is 12.4. The summed E-state index contributed by atoms with van der Waals surface area (Å²) >= 11 is 3.42. The van der Waals surface area contributed by atoms with Gasteiger partial charge in [0.05, 0.1) is 14.2 Å². The van der Waals surface area contributed by atoms with E-state index in [4.69, 9.17) is 14.5 Å². The van der Waals surface area contributed by atoms with Crippen molar-refractivity contribution in [3.63, 3.8) is 0 Å². The molecule has 176 valence electrons. The van der Waals surface area contributed by atoms with Crippen molar-refractivity contribution in [3.8, 4) is 11.5 Å². The molecule has 2 aromatic carbocycles. The molecule has 9 heteroatoms. The van der Waals surface area contributed by atoms with Gasteiger partial charge in [0, 0.05) is 49.7 Å². The normalized spacial score (nSPS) is 14.5. The Morgan fingerprint density at radius 1 is 1.06 bits per heavy atom. The third kappa shape index (κ3) is 5.54. The number of fused-ring (bicyclic) bond motifs is 1. The number of thiazole rings is 1. The van der Waals surface area contributed by atoms with Crippen LogP contribution in [0.15, 0.2) is 41.3 Å². The number of amides is 1. The molecule has 1 N–H and O–H groups in total. The molecule has 0 aliphatic carbocycles. The lowest BCUT2D eigenvalue weighted by atomic mass is 10.2. The van der Waals surface area contributed by atoms with Gasteiger partial charge in [0.2, 0.25) is 0 Å². The van der Waals surface area contributed by atoms with Gasteiger partial charge in [-0.15, -0.1) is 11.8 Å². The van der Waals surface area contributed by atoms with E-state index in [1.807, 2.05) is 36.4 Å². The SMILES string of the molecule is CCSc1ccc(C(=O)NCCN2CCN(c3nc4c(OC)ccc(OC)c4s3)CC2)cc1. The average Bonchev–Trinajstić information content (AvgIpc) is 3.30. The number of rotatable bonds is 9. The topological polar surface area (TPSA) is 66.9 Å². The van der Waals surface area contributed by atoms with Gasteiger partial charge in [-0.2, -0.15) is 0 Å². The molecule has 1 aliphatic rings. The van der Waals surface area contributed by atoms with E-state index in [1.165, 1.54) is 4.90 Å². The van der Waals surface area contributed by atoms with E-state index in [0.29, 0.717) is 12.1 Å². The van der Waals surface area contributed by atoms with Crippen molar-refractivity contribution in [2.24, 2.45) is 0 Å². The zero-order valence-corrected chi connectivity index (χ0v) is 20.9. The fourth-order valence-corrected chi connectivity index (χ4v) is 5.66. The lowest BCUT2D eigenvalue weighted by Crippen LogP contribution is -2.48. The number of ether oxygens (including phenoxy) is 2. The van der Waals surface area contributed by atoms with E-state index in [2.05, 4.69) is 22.0 Å². The monoisotopic (exact) mass is 486 g/mol. The Morgan fingerprint density at radius 2 is 1.76 bits per heavy atom. The molecular formula is C24H30N4O3S2. The Balaban J connectivity index is 1.27. The summed E-state index contributed by atoms with van der Waals surface area (Å²) in [5, 5.41) is 4.04. The molecule has 33 heavy (non-hydrogen) atoms. The molecular weight excluding hydrogens is 456 g/mol. The highest BCUT2D eigenvalue weighted by atomic mass is 32.2. The lowest BCUT2D eigenvalue weighted by Gasteiger charge is -2.34. The summed E-state index contributed by atoms with van der Waals surface area (Å²) in [5.41, 5.74) is 1.56. The molecule has 3 aromatic rings. The zero-order valence-electron chi connectivity index (χ0n) is 19.3. The highest BCUT2D eigenvalue weighted by Crippen LogP contribution is 2.40. The smallest absolute Gasteiger partial charge is 0.251 e. The summed E-state index contributed by atoms with van der Waals surface area (Å²) in [4.78, 5) is 23.1. The maximum atomic E-state index is 12.4. The van der Waals surface area contributed by atoms with Crippen LogP contribution in [0.3, 0.4) is 0 Å². The van der Waals surface area contributed by atoms with Crippen molar-refractivity contribution in [1.82, 2.24) is 15.2 Å². The predicted molar refractivity (Wildman–Crippen MR) is 137 cm³/mol. The van der Waals surface area contributed by atoms with Crippen LogP contribution >= 0.6 is 23.1 Å². The van der Waals surface area contributed by atoms with E-state index in [0.717, 1.165) is 65.3 Å². The number of hydrogen-bond donors (Lipinski definition) is 1. The third-order valence-corrected chi connectivity index (χ3v) is 7.71. The van der Waals surface area contributed by atoms with Crippen LogP contribution < -0.4 is 19.7 Å². The molecule has 1 saturated heterocycles. The summed E-state index contributed by atoms with van der Waals surface area (Å²) in [6.45, 7) is 7.26. The second-order valence-electron chi connectivity index (χ2n) is 7.69. The number of nitrogens with zero attached hydrogens (tertiary/aromatic N) is 3. The van der Waals surface area contributed by atoms with Gasteiger partial charge < -0.3 is 19.7 Å². The van der Waals surface area contributed by atoms with E-state index in [9.17, 15) is 4.79 Å². The number of hydrogen-bond acceptors (Lipinski definition) is 8. The second-order valence-corrected chi connectivity index (χ2v) is 10.0. The number of thioether (sulfide) groups is 1. The fraction of sp³-hybridized carbons (Fsp3) is 0.417. The standard InChI is InChI=1S/C24H30N4O3S2/c1-4-32-18-7-5-17(6-8-18)23(29)25-11-12-27-13-15-28(16-14-27)24-26-21-19(30-2)9-10-20(31-3)22(21)33-24/h5-10H,4,11-16H2,1-3H3,(H,25,29). The van der Waals surface area contributed by atoms with Crippen LogP contribution in [0.2, 0.25) is 0 Å². The van der Waals surface area contributed by atoms with Gasteiger partial charge in [0.15, 0.2) is 5.13 Å². The molecule has 4 rings (SSSR count). The Morgan fingerprint density at radius 3 is 2.42 bits per heavy atom. The van der Waals surface area contributed by atoms with E-state index >= 15 is 0 Å². The summed E-state index contributed by atoms with van der Waals surface area (Å²) in [7, 11) is 3.34. The van der Waals surface area contributed by atoms with Gasteiger partial charge in [-0.3, -0.25) is 9.69 Å². The molecule has 2 heterocycles. The molecule has 0 bridgehead atoms. The molecule has 0 atom stereocenters. The first-order valence-electron chi connectivity index (χ1n) is 11.1. The lowest BCUT2D eigenvalue weighted by molar-refractivity contribution is 0.0947. The molecule has 0 unspecified atom stereocenters. The van der Waals surface area contributed by atoms with Gasteiger partial charge in [-0.05, 0) is 42.2 Å². The Bertz CT molecular complexity index is 1040. The molecule has 1 aliphatic heterocycles. The zero-order chi connectivity index (χ0) is 23.2. The van der Waals surface area contributed by atoms with Crippen molar-refractivity contribution < 1.29 is 14.3 Å². The quantitative estimate of drug-likeness (QED) is 0.459. The largest absolute Gasteiger partial charge is 0.495 e. The van der Waals surface area contributed by atoms with Gasteiger partial charge in [-0.25, -0.2) is 4.98 Å². The van der Waals surface area contributed by atoms with E-state index in [1.54, 1.807) is 37.3 Å². The molecule has 0 spiro atoms. The van der Waals surface area contributed by atoms with Crippen molar-refractivity contribution >= 4 is 44.4 Å². The Labute approximate surface area is 203 Å². The van der Waals surface area contributed by atoms with Gasteiger partial charge in [0.25, 0.3) is 5.91 Å². The summed E-state index contributed by atoms with van der Waals surface area (Å²) in [6, 6.07) is 11.6. The first-order chi connectivity index (χ1) is 16.1. The molecule has 1 fully saturated rings. The fourth-order valence-electron chi connectivity index (χ4n) is 3.87. The first-order valence-corrected chi connectivity index (χ1v) is 12.9. The summed E-state index contributed by atoms with van der Waals surface area (Å²) in [5.74, 6) is 2.60. The number of carbonyl (C=O) groups excluding carboxylic acids is 1. The highest BCUT2D eigenvalue weighted by molar-refractivity contribution is 7.99. The van der Waals surface area contributed by atoms with E-state index in [-0.39, 0.29) is 5.91 Å². The van der Waals surface area contributed by atoms with Crippen LogP contribution in [0.1, 0.15) is 17.3 Å². The average molecular weight is 487 g/mol. The van der Waals surface area contributed by atoms with Crippen LogP contribution in [0.4, 0.5) is 5.13 Å². The van der Waals surface area contributed by atoms with Crippen molar-refractivity contribution in [2.45, 2.75) is 11.8 Å². The number of aromatic nitrogens is 1. The van der Waals surface area contributed by atoms with Crippen LogP contribution in [-0.4, -0.2) is 75.0 Å². The van der Waals surface area contributed by atoms with Crippen molar-refractivity contribution in [3.05, 3.63) is 42.0 Å². The first kappa shape index (κ1) is 23.7. The predicted octanol–water partition coefficient (Wildman–Crippen LogP) is 3.98. The molecule has 1 amide bonds. The van der Waals surface area contributed by atoms with E-state index < -0.39 is 0 Å². The van der Waals surface area contributed by atoms with Crippen LogP contribution in [0.25, 0.3) is 10.2 Å². The van der Waals surface area contributed by atoms with Gasteiger partial charge in [0.1, 0.15) is 21.7 Å². The molecule has 1 aromatic heterocycles.